The number of likely N-dealkylation sites (N-methyl/N-ethyl adjacent to an activating group) is 1. The highest BCUT2D eigenvalue weighted by Gasteiger charge is 2.30. The fraction of sp³-hybridized carbons (Fsp3) is 0.417. The minimum atomic E-state index is -3.55. The van der Waals surface area contributed by atoms with Gasteiger partial charge >= 0.3 is 0 Å². The van der Waals surface area contributed by atoms with Crippen LogP contribution in [0.2, 0.25) is 0 Å². The Balaban J connectivity index is 2.32. The van der Waals surface area contributed by atoms with Crippen molar-refractivity contribution in [3.63, 3.8) is 0 Å². The van der Waals surface area contributed by atoms with Gasteiger partial charge in [0.2, 0.25) is 10.0 Å². The summed E-state index contributed by atoms with van der Waals surface area (Å²) >= 11 is 0. The van der Waals surface area contributed by atoms with Gasteiger partial charge in [0.25, 0.3) is 0 Å². The highest BCUT2D eigenvalue weighted by Crippen LogP contribution is 2.21. The average Bonchev–Trinajstić information content (AvgIpc) is 2.91. The maximum absolute atomic E-state index is 12.3. The van der Waals surface area contributed by atoms with Gasteiger partial charge in [0.05, 0.1) is 29.2 Å². The molecule has 5 nitrogen and oxygen atoms in total. The van der Waals surface area contributed by atoms with Crippen LogP contribution < -0.4 is 0 Å². The molecule has 0 radical (unpaired) electrons. The summed E-state index contributed by atoms with van der Waals surface area (Å²) in [5, 5.41) is 8.80. The monoisotopic (exact) mass is 266 g/mol. The van der Waals surface area contributed by atoms with Crippen LogP contribution in [0.4, 0.5) is 0 Å². The van der Waals surface area contributed by atoms with E-state index >= 15 is 0 Å². The molecule has 96 valence electrons. The van der Waals surface area contributed by atoms with E-state index in [9.17, 15) is 8.42 Å². The van der Waals surface area contributed by atoms with Gasteiger partial charge in [0.15, 0.2) is 0 Å². The molecule has 2 rings (SSSR count). The second kappa shape index (κ2) is 5.06. The third kappa shape index (κ3) is 2.38. The zero-order valence-electron chi connectivity index (χ0n) is 10.0. The second-order valence-corrected chi connectivity index (χ2v) is 6.18. The number of hydrogen-bond acceptors (Lipinski definition) is 4. The first-order valence-corrected chi connectivity index (χ1v) is 7.05. The lowest BCUT2D eigenvalue weighted by Gasteiger charge is -2.22. The summed E-state index contributed by atoms with van der Waals surface area (Å²) in [7, 11) is -2.00. The van der Waals surface area contributed by atoms with E-state index in [1.54, 1.807) is 19.2 Å². The van der Waals surface area contributed by atoms with Gasteiger partial charge in [-0.3, -0.25) is 0 Å². The number of nitrogens with zero attached hydrogens (tertiary/aromatic N) is 2. The van der Waals surface area contributed by atoms with Crippen molar-refractivity contribution < 1.29 is 13.2 Å². The topological polar surface area (TPSA) is 70.4 Å². The van der Waals surface area contributed by atoms with E-state index in [0.717, 1.165) is 0 Å². The largest absolute Gasteiger partial charge is 0.380 e. The van der Waals surface area contributed by atoms with Gasteiger partial charge in [-0.25, -0.2) is 8.42 Å². The third-order valence-electron chi connectivity index (χ3n) is 3.06. The maximum atomic E-state index is 12.3. The molecule has 0 spiro atoms. The lowest BCUT2D eigenvalue weighted by Crippen LogP contribution is -2.37. The van der Waals surface area contributed by atoms with Crippen molar-refractivity contribution in [3.8, 4) is 6.07 Å². The van der Waals surface area contributed by atoms with Gasteiger partial charge in [0, 0.05) is 13.7 Å². The molecular formula is C12H14N2O3S. The third-order valence-corrected chi connectivity index (χ3v) is 4.97. The lowest BCUT2D eigenvalue weighted by molar-refractivity contribution is 0.181. The van der Waals surface area contributed by atoms with Crippen LogP contribution in [0.15, 0.2) is 29.2 Å². The number of benzene rings is 1. The van der Waals surface area contributed by atoms with E-state index < -0.39 is 10.0 Å². The zero-order chi connectivity index (χ0) is 13.2. The molecule has 1 saturated heterocycles. The Bertz CT molecular complexity index is 571. The minimum Gasteiger partial charge on any atom is -0.380 e. The van der Waals surface area contributed by atoms with Crippen molar-refractivity contribution in [2.75, 3.05) is 20.3 Å². The average molecular weight is 266 g/mol. The van der Waals surface area contributed by atoms with Gasteiger partial charge in [-0.05, 0) is 24.6 Å². The molecule has 0 aromatic heterocycles. The molecule has 18 heavy (non-hydrogen) atoms. The Morgan fingerprint density at radius 3 is 2.89 bits per heavy atom. The van der Waals surface area contributed by atoms with Crippen LogP contribution in [-0.4, -0.2) is 39.0 Å². The van der Waals surface area contributed by atoms with Crippen LogP contribution in [0.1, 0.15) is 12.0 Å². The fourth-order valence-corrected chi connectivity index (χ4v) is 3.32. The molecule has 1 fully saturated rings. The summed E-state index contributed by atoms with van der Waals surface area (Å²) in [4.78, 5) is 0.149. The predicted octanol–water partition coefficient (Wildman–Crippen LogP) is 0.968. The van der Waals surface area contributed by atoms with E-state index in [-0.39, 0.29) is 10.9 Å². The minimum absolute atomic E-state index is 0.124. The molecule has 1 aliphatic rings. The molecule has 0 aliphatic carbocycles. The number of sulfonamides is 1. The van der Waals surface area contributed by atoms with Gasteiger partial charge in [0.1, 0.15) is 0 Å². The number of ether oxygens (including phenoxy) is 1. The first-order valence-electron chi connectivity index (χ1n) is 5.61. The molecule has 1 aromatic carbocycles. The molecule has 0 bridgehead atoms. The maximum Gasteiger partial charge on any atom is 0.243 e. The zero-order valence-corrected chi connectivity index (χ0v) is 10.9. The molecule has 1 heterocycles. The Morgan fingerprint density at radius 1 is 1.50 bits per heavy atom. The van der Waals surface area contributed by atoms with Gasteiger partial charge in [-0.2, -0.15) is 9.57 Å². The smallest absolute Gasteiger partial charge is 0.243 e. The number of nitriles is 1. The van der Waals surface area contributed by atoms with Crippen LogP contribution >= 0.6 is 0 Å². The normalized spacial score (nSPS) is 19.9. The first-order chi connectivity index (χ1) is 8.55. The van der Waals surface area contributed by atoms with Crippen LogP contribution in [-0.2, 0) is 14.8 Å². The molecular weight excluding hydrogens is 252 g/mol. The van der Waals surface area contributed by atoms with Gasteiger partial charge < -0.3 is 4.74 Å². The quantitative estimate of drug-likeness (QED) is 0.817. The SMILES string of the molecule is CN(C1CCOC1)S(=O)(=O)c1cccc(C#N)c1. The molecule has 1 aromatic rings. The van der Waals surface area contributed by atoms with Crippen LogP contribution in [0.3, 0.4) is 0 Å². The highest BCUT2D eigenvalue weighted by atomic mass is 32.2. The molecule has 6 heteroatoms. The Morgan fingerprint density at radius 2 is 2.28 bits per heavy atom. The predicted molar refractivity (Wildman–Crippen MR) is 65.3 cm³/mol. The summed E-state index contributed by atoms with van der Waals surface area (Å²) in [6.07, 6.45) is 0.702. The summed E-state index contributed by atoms with van der Waals surface area (Å²) in [6.45, 7) is 1.01. The Hall–Kier alpha value is -1.42. The van der Waals surface area contributed by atoms with Crippen molar-refractivity contribution in [2.24, 2.45) is 0 Å². The lowest BCUT2D eigenvalue weighted by atomic mass is 10.2. The molecule has 1 aliphatic heterocycles. The summed E-state index contributed by atoms with van der Waals surface area (Å²) in [5.74, 6) is 0. The number of hydrogen-bond donors (Lipinski definition) is 0. The molecule has 0 saturated carbocycles. The van der Waals surface area contributed by atoms with Crippen molar-refractivity contribution in [1.29, 1.82) is 5.26 Å². The fourth-order valence-electron chi connectivity index (χ4n) is 1.90. The second-order valence-electron chi connectivity index (χ2n) is 4.18. The van der Waals surface area contributed by atoms with Crippen LogP contribution in [0.5, 0.6) is 0 Å². The van der Waals surface area contributed by atoms with Gasteiger partial charge in [-0.15, -0.1) is 0 Å². The molecule has 0 N–H and O–H groups in total. The molecule has 1 atom stereocenters. The van der Waals surface area contributed by atoms with E-state index in [1.807, 2.05) is 6.07 Å². The van der Waals surface area contributed by atoms with E-state index in [1.165, 1.54) is 16.4 Å². The van der Waals surface area contributed by atoms with Crippen LogP contribution in [0.25, 0.3) is 0 Å². The van der Waals surface area contributed by atoms with Crippen molar-refractivity contribution in [2.45, 2.75) is 17.4 Å². The Kier molecular flexibility index (Phi) is 3.66. The Labute approximate surface area is 107 Å². The van der Waals surface area contributed by atoms with Crippen LogP contribution in [0, 0.1) is 11.3 Å². The number of rotatable bonds is 3. The standard InChI is InChI=1S/C12H14N2O3S/c1-14(11-5-6-17-9-11)18(15,16)12-4-2-3-10(7-12)8-13/h2-4,7,11H,5-6,9H2,1H3. The van der Waals surface area contributed by atoms with E-state index in [4.69, 9.17) is 10.00 Å². The van der Waals surface area contributed by atoms with Gasteiger partial charge in [-0.1, -0.05) is 6.07 Å². The molecule has 1 unspecified atom stereocenters. The summed E-state index contributed by atoms with van der Waals surface area (Å²) in [5.41, 5.74) is 0.340. The van der Waals surface area contributed by atoms with Crippen molar-refractivity contribution >= 4 is 10.0 Å². The first kappa shape index (κ1) is 13.0. The summed E-state index contributed by atoms with van der Waals surface area (Å²) in [6, 6.07) is 7.86. The van der Waals surface area contributed by atoms with Crippen molar-refractivity contribution in [1.82, 2.24) is 4.31 Å². The van der Waals surface area contributed by atoms with E-state index in [2.05, 4.69) is 0 Å². The van der Waals surface area contributed by atoms with E-state index in [0.29, 0.717) is 25.2 Å². The highest BCUT2D eigenvalue weighted by molar-refractivity contribution is 7.89. The summed E-state index contributed by atoms with van der Waals surface area (Å²) < 4.78 is 31.2. The molecule has 0 amide bonds. The van der Waals surface area contributed by atoms with Crippen molar-refractivity contribution in [3.05, 3.63) is 29.8 Å².